The SMILES string of the molecule is CCOc1cc(/C=c2/sc3n(c2=O)[C@H](c2ccc(OC)cc2)C(C(C)=O)=C(C)N=3)ccc1O. The molecule has 0 aliphatic carbocycles. The molecule has 7 nitrogen and oxygen atoms in total. The molecule has 0 unspecified atom stereocenters. The van der Waals surface area contributed by atoms with Crippen molar-refractivity contribution < 1.29 is 19.4 Å². The zero-order chi connectivity index (χ0) is 23.7. The minimum atomic E-state index is -0.578. The molecule has 1 atom stereocenters. The maximum absolute atomic E-state index is 13.5. The van der Waals surface area contributed by atoms with Crippen LogP contribution in [-0.4, -0.2) is 29.2 Å². The number of aromatic hydroxyl groups is 1. The molecule has 1 aliphatic heterocycles. The summed E-state index contributed by atoms with van der Waals surface area (Å²) in [4.78, 5) is 31.2. The summed E-state index contributed by atoms with van der Waals surface area (Å²) in [5, 5.41) is 9.96. The second-order valence-electron chi connectivity index (χ2n) is 7.57. The molecule has 1 N–H and O–H groups in total. The summed E-state index contributed by atoms with van der Waals surface area (Å²) in [7, 11) is 1.59. The minimum absolute atomic E-state index is 0.0386. The first-order valence-electron chi connectivity index (χ1n) is 10.5. The van der Waals surface area contributed by atoms with E-state index in [2.05, 4.69) is 4.99 Å². The fraction of sp³-hybridized carbons (Fsp3) is 0.240. The minimum Gasteiger partial charge on any atom is -0.504 e. The van der Waals surface area contributed by atoms with E-state index in [-0.39, 0.29) is 17.1 Å². The second kappa shape index (κ2) is 9.07. The van der Waals surface area contributed by atoms with Crippen molar-refractivity contribution >= 4 is 23.2 Å². The Morgan fingerprint density at radius 2 is 1.97 bits per heavy atom. The van der Waals surface area contributed by atoms with Gasteiger partial charge in [-0.25, -0.2) is 4.99 Å². The molecule has 33 heavy (non-hydrogen) atoms. The average Bonchev–Trinajstić information content (AvgIpc) is 3.09. The molecule has 1 aromatic heterocycles. The molecular weight excluding hydrogens is 440 g/mol. The predicted octanol–water partition coefficient (Wildman–Crippen LogP) is 2.94. The van der Waals surface area contributed by atoms with Gasteiger partial charge in [0, 0.05) is 11.3 Å². The smallest absolute Gasteiger partial charge is 0.271 e. The lowest BCUT2D eigenvalue weighted by Crippen LogP contribution is -2.39. The third-order valence-electron chi connectivity index (χ3n) is 5.41. The van der Waals surface area contributed by atoms with E-state index >= 15 is 0 Å². The summed E-state index contributed by atoms with van der Waals surface area (Å²) in [6.45, 7) is 5.52. The number of aromatic nitrogens is 1. The lowest BCUT2D eigenvalue weighted by Gasteiger charge is -2.24. The van der Waals surface area contributed by atoms with E-state index in [1.807, 2.05) is 31.2 Å². The number of phenolic OH excluding ortho intramolecular Hbond substituents is 1. The number of rotatable bonds is 6. The highest BCUT2D eigenvalue weighted by Crippen LogP contribution is 2.31. The Morgan fingerprint density at radius 3 is 2.61 bits per heavy atom. The van der Waals surface area contributed by atoms with E-state index in [9.17, 15) is 14.7 Å². The van der Waals surface area contributed by atoms with Gasteiger partial charge in [0.05, 0.1) is 24.3 Å². The molecule has 170 valence electrons. The van der Waals surface area contributed by atoms with Gasteiger partial charge in [-0.3, -0.25) is 14.2 Å². The maximum atomic E-state index is 13.5. The number of ether oxygens (including phenoxy) is 2. The van der Waals surface area contributed by atoms with E-state index in [1.165, 1.54) is 24.3 Å². The summed E-state index contributed by atoms with van der Waals surface area (Å²) in [5.41, 5.74) is 2.36. The Bertz CT molecular complexity index is 1430. The van der Waals surface area contributed by atoms with Crippen LogP contribution in [0, 0.1) is 0 Å². The molecule has 2 heterocycles. The molecule has 0 spiro atoms. The first-order chi connectivity index (χ1) is 15.8. The van der Waals surface area contributed by atoms with Crippen molar-refractivity contribution in [2.75, 3.05) is 13.7 Å². The molecule has 3 aromatic rings. The molecule has 8 heteroatoms. The number of Topliss-reactive ketones (excluding diaryl/α,β-unsaturated/α-hetero) is 1. The number of carbonyl (C=O) groups is 1. The Hall–Kier alpha value is -3.65. The van der Waals surface area contributed by atoms with Crippen LogP contribution in [0.1, 0.15) is 37.9 Å². The van der Waals surface area contributed by atoms with Gasteiger partial charge in [0.15, 0.2) is 22.1 Å². The number of phenols is 1. The van der Waals surface area contributed by atoms with Crippen LogP contribution in [-0.2, 0) is 4.79 Å². The molecule has 0 bridgehead atoms. The number of thiazole rings is 1. The Morgan fingerprint density at radius 1 is 1.24 bits per heavy atom. The number of benzene rings is 2. The van der Waals surface area contributed by atoms with Crippen LogP contribution < -0.4 is 24.4 Å². The molecule has 0 radical (unpaired) electrons. The summed E-state index contributed by atoms with van der Waals surface area (Å²) in [5.74, 6) is 0.946. The van der Waals surface area contributed by atoms with Gasteiger partial charge in [0.25, 0.3) is 5.56 Å². The topological polar surface area (TPSA) is 90.1 Å². The number of methoxy groups -OCH3 is 1. The van der Waals surface area contributed by atoms with Gasteiger partial charge in [-0.15, -0.1) is 0 Å². The number of nitrogens with zero attached hydrogens (tertiary/aromatic N) is 2. The van der Waals surface area contributed by atoms with Gasteiger partial charge >= 0.3 is 0 Å². The van der Waals surface area contributed by atoms with Crippen LogP contribution in [0.3, 0.4) is 0 Å². The van der Waals surface area contributed by atoms with Crippen LogP contribution in [0.5, 0.6) is 17.2 Å². The van der Waals surface area contributed by atoms with Crippen molar-refractivity contribution in [3.8, 4) is 17.2 Å². The van der Waals surface area contributed by atoms with Gasteiger partial charge in [-0.2, -0.15) is 0 Å². The zero-order valence-corrected chi connectivity index (χ0v) is 19.6. The number of ketones is 1. The van der Waals surface area contributed by atoms with E-state index < -0.39 is 6.04 Å². The number of hydrogen-bond acceptors (Lipinski definition) is 7. The zero-order valence-electron chi connectivity index (χ0n) is 18.8. The van der Waals surface area contributed by atoms with Crippen LogP contribution in [0.15, 0.2) is 63.5 Å². The highest BCUT2D eigenvalue weighted by Gasteiger charge is 2.30. The quantitative estimate of drug-likeness (QED) is 0.606. The number of allylic oxidation sites excluding steroid dienone is 2. The summed E-state index contributed by atoms with van der Waals surface area (Å²) >= 11 is 1.26. The fourth-order valence-electron chi connectivity index (χ4n) is 3.92. The van der Waals surface area contributed by atoms with E-state index in [0.717, 1.165) is 5.56 Å². The van der Waals surface area contributed by atoms with Crippen molar-refractivity contribution in [3.63, 3.8) is 0 Å². The Kier molecular flexibility index (Phi) is 6.20. The van der Waals surface area contributed by atoms with Gasteiger partial charge in [-0.05, 0) is 62.2 Å². The fourth-order valence-corrected chi connectivity index (χ4v) is 4.96. The molecule has 4 rings (SSSR count). The molecule has 0 saturated heterocycles. The van der Waals surface area contributed by atoms with Crippen molar-refractivity contribution in [2.45, 2.75) is 26.8 Å². The molecule has 0 fully saturated rings. The maximum Gasteiger partial charge on any atom is 0.271 e. The van der Waals surface area contributed by atoms with Crippen molar-refractivity contribution in [1.82, 2.24) is 4.57 Å². The van der Waals surface area contributed by atoms with Crippen molar-refractivity contribution in [1.29, 1.82) is 0 Å². The van der Waals surface area contributed by atoms with E-state index in [4.69, 9.17) is 9.47 Å². The standard InChI is InChI=1S/C25H24N2O5S/c1-5-32-20-12-16(6-11-19(20)29)13-21-24(30)27-23(17-7-9-18(31-4)10-8-17)22(15(3)28)14(2)26-25(27)33-21/h6-13,23,29H,5H2,1-4H3/b21-13+/t23-/m1/s1. The third kappa shape index (κ3) is 4.21. The van der Waals surface area contributed by atoms with E-state index in [1.54, 1.807) is 36.8 Å². The van der Waals surface area contributed by atoms with Crippen LogP contribution in [0.25, 0.3) is 6.08 Å². The number of carbonyl (C=O) groups excluding carboxylic acids is 1. The molecule has 0 amide bonds. The summed E-state index contributed by atoms with van der Waals surface area (Å²) < 4.78 is 12.8. The van der Waals surface area contributed by atoms with Crippen molar-refractivity contribution in [3.05, 3.63) is 84.5 Å². The highest BCUT2D eigenvalue weighted by atomic mass is 32.1. The van der Waals surface area contributed by atoms with Gasteiger partial charge in [-0.1, -0.05) is 29.5 Å². The molecule has 1 aliphatic rings. The molecule has 2 aromatic carbocycles. The summed E-state index contributed by atoms with van der Waals surface area (Å²) in [6, 6.07) is 11.7. The second-order valence-corrected chi connectivity index (χ2v) is 8.58. The lowest BCUT2D eigenvalue weighted by molar-refractivity contribution is -0.114. The summed E-state index contributed by atoms with van der Waals surface area (Å²) in [6.07, 6.45) is 1.74. The normalized spacial score (nSPS) is 15.8. The van der Waals surface area contributed by atoms with Gasteiger partial charge < -0.3 is 14.6 Å². The third-order valence-corrected chi connectivity index (χ3v) is 6.40. The Balaban J connectivity index is 1.91. The van der Waals surface area contributed by atoms with Crippen LogP contribution >= 0.6 is 11.3 Å². The lowest BCUT2D eigenvalue weighted by atomic mass is 9.93. The van der Waals surface area contributed by atoms with Crippen molar-refractivity contribution in [2.24, 2.45) is 4.99 Å². The Labute approximate surface area is 194 Å². The number of hydrogen-bond donors (Lipinski definition) is 1. The van der Waals surface area contributed by atoms with Crippen LogP contribution in [0.4, 0.5) is 0 Å². The largest absolute Gasteiger partial charge is 0.504 e. The first kappa shape index (κ1) is 22.5. The predicted molar refractivity (Wildman–Crippen MR) is 127 cm³/mol. The molecular formula is C25H24N2O5S. The van der Waals surface area contributed by atoms with E-state index in [0.29, 0.717) is 44.3 Å². The highest BCUT2D eigenvalue weighted by molar-refractivity contribution is 7.07. The van der Waals surface area contributed by atoms with Gasteiger partial charge in [0.2, 0.25) is 0 Å². The van der Waals surface area contributed by atoms with Crippen LogP contribution in [0.2, 0.25) is 0 Å². The monoisotopic (exact) mass is 464 g/mol. The first-order valence-corrected chi connectivity index (χ1v) is 11.3. The average molecular weight is 465 g/mol. The van der Waals surface area contributed by atoms with Gasteiger partial charge in [0.1, 0.15) is 5.75 Å². The molecule has 0 saturated carbocycles. The number of fused-ring (bicyclic) bond motifs is 1.